The van der Waals surface area contributed by atoms with Crippen molar-refractivity contribution in [2.45, 2.75) is 25.7 Å². The lowest BCUT2D eigenvalue weighted by molar-refractivity contribution is -0.143. The monoisotopic (exact) mass is 352 g/mol. The summed E-state index contributed by atoms with van der Waals surface area (Å²) in [5.74, 6) is -1.38. The van der Waals surface area contributed by atoms with Crippen LogP contribution in [-0.4, -0.2) is 20.9 Å². The molecule has 0 aliphatic carbocycles. The van der Waals surface area contributed by atoms with Crippen molar-refractivity contribution in [2.24, 2.45) is 5.73 Å². The third-order valence-electron chi connectivity index (χ3n) is 3.27. The Labute approximate surface area is 131 Å². The average molecular weight is 352 g/mol. The van der Waals surface area contributed by atoms with Crippen LogP contribution in [0.5, 0.6) is 0 Å². The molecule has 2 rings (SSSR count). The molecular weight excluding hydrogens is 342 g/mol. The number of aromatic nitrogens is 3. The number of primary amides is 1. The first-order chi connectivity index (χ1) is 11.0. The van der Waals surface area contributed by atoms with Crippen LogP contribution in [0.3, 0.4) is 0 Å². The van der Waals surface area contributed by atoms with Crippen molar-refractivity contribution >= 4 is 5.91 Å². The highest BCUT2D eigenvalue weighted by Gasteiger charge is 2.45. The van der Waals surface area contributed by atoms with Crippen LogP contribution in [0.25, 0.3) is 5.69 Å². The number of hydrogen-bond donors (Lipinski definition) is 1. The van der Waals surface area contributed by atoms with E-state index in [0.717, 1.165) is 12.4 Å². The van der Waals surface area contributed by atoms with Crippen LogP contribution in [0.15, 0.2) is 18.5 Å². The number of hydrogen-bond acceptors (Lipinski definition) is 3. The maximum absolute atomic E-state index is 13.5. The lowest BCUT2D eigenvalue weighted by Crippen LogP contribution is -2.25. The number of nitrogens with two attached hydrogens (primary N) is 1. The van der Waals surface area contributed by atoms with Gasteiger partial charge in [0.05, 0.1) is 29.2 Å². The van der Waals surface area contributed by atoms with E-state index in [1.54, 1.807) is 0 Å². The molecule has 130 valence electrons. The molecule has 0 bridgehead atoms. The minimum absolute atomic E-state index is 0.313. The van der Waals surface area contributed by atoms with Crippen LogP contribution in [0.2, 0.25) is 0 Å². The summed E-state index contributed by atoms with van der Waals surface area (Å²) >= 11 is 0. The Balaban J connectivity index is 3.06. The first kappa shape index (κ1) is 17.8. The summed E-state index contributed by atoms with van der Waals surface area (Å²) in [4.78, 5) is 11.4. The van der Waals surface area contributed by atoms with Crippen LogP contribution in [0, 0.1) is 0 Å². The molecule has 0 saturated heterocycles. The highest BCUT2D eigenvalue weighted by molar-refractivity contribution is 5.95. The largest absolute Gasteiger partial charge is 0.418 e. The Morgan fingerprint density at radius 2 is 1.83 bits per heavy atom. The fourth-order valence-electron chi connectivity index (χ4n) is 2.39. The van der Waals surface area contributed by atoms with Gasteiger partial charge < -0.3 is 5.73 Å². The van der Waals surface area contributed by atoms with Crippen molar-refractivity contribution in [2.75, 3.05) is 0 Å². The predicted molar refractivity (Wildman–Crippen MR) is 69.3 cm³/mol. The molecule has 5 nitrogen and oxygen atoms in total. The molecule has 2 aromatic rings. The van der Waals surface area contributed by atoms with E-state index >= 15 is 0 Å². The van der Waals surface area contributed by atoms with Gasteiger partial charge in [-0.15, -0.1) is 5.10 Å². The maximum Gasteiger partial charge on any atom is 0.418 e. The molecule has 0 saturated carbocycles. The molecule has 1 aromatic heterocycles. The van der Waals surface area contributed by atoms with E-state index in [9.17, 15) is 31.1 Å². The predicted octanol–water partition coefficient (Wildman–Crippen LogP) is 2.97. The van der Waals surface area contributed by atoms with E-state index in [0.29, 0.717) is 10.7 Å². The zero-order valence-corrected chi connectivity index (χ0v) is 12.0. The number of alkyl halides is 6. The molecule has 0 fully saturated rings. The van der Waals surface area contributed by atoms with Crippen LogP contribution >= 0.6 is 0 Å². The van der Waals surface area contributed by atoms with Crippen LogP contribution in [0.4, 0.5) is 26.3 Å². The summed E-state index contributed by atoms with van der Waals surface area (Å²) in [6.07, 6.45) is -8.90. The second kappa shape index (κ2) is 5.80. The van der Waals surface area contributed by atoms with Crippen molar-refractivity contribution in [3.8, 4) is 5.69 Å². The van der Waals surface area contributed by atoms with Crippen molar-refractivity contribution < 1.29 is 31.1 Å². The van der Waals surface area contributed by atoms with Crippen LogP contribution < -0.4 is 5.73 Å². The second-order valence-corrected chi connectivity index (χ2v) is 4.73. The van der Waals surface area contributed by atoms with Gasteiger partial charge in [-0.25, -0.2) is 4.68 Å². The number of benzene rings is 1. The smallest absolute Gasteiger partial charge is 0.366 e. The van der Waals surface area contributed by atoms with Gasteiger partial charge in [0.25, 0.3) is 0 Å². The fraction of sp³-hybridized carbons (Fsp3) is 0.308. The molecule has 1 amide bonds. The zero-order chi connectivity index (χ0) is 18.3. The molecule has 11 heteroatoms. The summed E-state index contributed by atoms with van der Waals surface area (Å²) < 4.78 is 80.8. The van der Waals surface area contributed by atoms with Crippen molar-refractivity contribution in [3.63, 3.8) is 0 Å². The molecule has 0 atom stereocenters. The van der Waals surface area contributed by atoms with Crippen molar-refractivity contribution in [3.05, 3.63) is 40.7 Å². The number of carbonyl (C=O) groups excluding carboxylic acids is 1. The minimum Gasteiger partial charge on any atom is -0.366 e. The van der Waals surface area contributed by atoms with Crippen molar-refractivity contribution in [1.82, 2.24) is 15.0 Å². The van der Waals surface area contributed by atoms with E-state index in [1.807, 2.05) is 0 Å². The second-order valence-electron chi connectivity index (χ2n) is 4.73. The van der Waals surface area contributed by atoms with Gasteiger partial charge in [-0.2, -0.15) is 26.3 Å². The molecule has 2 N–H and O–H groups in total. The fourth-order valence-corrected chi connectivity index (χ4v) is 2.39. The van der Waals surface area contributed by atoms with Gasteiger partial charge >= 0.3 is 12.4 Å². The molecule has 24 heavy (non-hydrogen) atoms. The maximum atomic E-state index is 13.5. The normalized spacial score (nSPS) is 12.5. The van der Waals surface area contributed by atoms with Crippen molar-refractivity contribution in [1.29, 1.82) is 0 Å². The molecule has 0 radical (unpaired) electrons. The molecule has 1 heterocycles. The number of carbonyl (C=O) groups is 1. The molecular formula is C13H10F6N4O. The van der Waals surface area contributed by atoms with E-state index < -0.39 is 46.2 Å². The van der Waals surface area contributed by atoms with E-state index in [-0.39, 0.29) is 6.42 Å². The Hall–Kier alpha value is -2.59. The molecule has 0 spiro atoms. The Bertz CT molecular complexity index is 764. The standard InChI is InChI=1S/C13H10F6N4O/c1-2-6-7(11(20)24)5-8(12(14,15)16)10(9(6)13(17,18)19)23-4-3-21-22-23/h3-5H,2H2,1H3,(H2,20,24). The molecule has 1 aromatic carbocycles. The van der Waals surface area contributed by atoms with Gasteiger partial charge in [0, 0.05) is 5.56 Å². The Morgan fingerprint density at radius 3 is 2.21 bits per heavy atom. The average Bonchev–Trinajstić information content (AvgIpc) is 2.96. The van der Waals surface area contributed by atoms with E-state index in [2.05, 4.69) is 10.3 Å². The molecule has 0 aliphatic rings. The summed E-state index contributed by atoms with van der Waals surface area (Å²) in [5, 5.41) is 6.48. The number of halogens is 6. The Kier molecular flexibility index (Phi) is 4.29. The quantitative estimate of drug-likeness (QED) is 0.863. The highest BCUT2D eigenvalue weighted by atomic mass is 19.4. The van der Waals surface area contributed by atoms with Gasteiger partial charge in [0.1, 0.15) is 0 Å². The number of nitrogens with zero attached hydrogens (tertiary/aromatic N) is 3. The van der Waals surface area contributed by atoms with Gasteiger partial charge in [-0.05, 0) is 18.1 Å². The first-order valence-corrected chi connectivity index (χ1v) is 6.49. The zero-order valence-electron chi connectivity index (χ0n) is 12.0. The number of rotatable bonds is 3. The highest BCUT2D eigenvalue weighted by Crippen LogP contribution is 2.44. The third-order valence-corrected chi connectivity index (χ3v) is 3.27. The van der Waals surface area contributed by atoms with E-state index in [1.165, 1.54) is 6.92 Å². The third kappa shape index (κ3) is 3.05. The van der Waals surface area contributed by atoms with Gasteiger partial charge in [-0.3, -0.25) is 4.79 Å². The minimum atomic E-state index is -5.17. The van der Waals surface area contributed by atoms with Gasteiger partial charge in [0.15, 0.2) is 0 Å². The SMILES string of the molecule is CCc1c(C(N)=O)cc(C(F)(F)F)c(-n2ccnn2)c1C(F)(F)F. The first-order valence-electron chi connectivity index (χ1n) is 6.49. The number of amides is 1. The topological polar surface area (TPSA) is 73.8 Å². The summed E-state index contributed by atoms with van der Waals surface area (Å²) in [6, 6.07) is 0.313. The lowest BCUT2D eigenvalue weighted by Gasteiger charge is -2.23. The summed E-state index contributed by atoms with van der Waals surface area (Å²) in [5.41, 5.74) is -1.02. The molecule has 0 unspecified atom stereocenters. The van der Waals surface area contributed by atoms with E-state index in [4.69, 9.17) is 5.73 Å². The van der Waals surface area contributed by atoms with Gasteiger partial charge in [0.2, 0.25) is 5.91 Å². The van der Waals surface area contributed by atoms with Gasteiger partial charge in [-0.1, -0.05) is 12.1 Å². The summed E-state index contributed by atoms with van der Waals surface area (Å²) in [7, 11) is 0. The lowest BCUT2D eigenvalue weighted by atomic mass is 9.92. The summed E-state index contributed by atoms with van der Waals surface area (Å²) in [6.45, 7) is 1.27. The molecule has 0 aliphatic heterocycles. The van der Waals surface area contributed by atoms with Crippen LogP contribution in [0.1, 0.15) is 34.0 Å². The Morgan fingerprint density at radius 1 is 1.21 bits per heavy atom. The van der Waals surface area contributed by atoms with Crippen LogP contribution in [-0.2, 0) is 18.8 Å².